The molecular formula is C15H21N3O2. The van der Waals surface area contributed by atoms with E-state index in [1.165, 1.54) is 25.8 Å². The fraction of sp³-hybridized carbons (Fsp3) is 0.533. The lowest BCUT2D eigenvalue weighted by Crippen LogP contribution is -2.55. The van der Waals surface area contributed by atoms with E-state index in [2.05, 4.69) is 9.80 Å². The first kappa shape index (κ1) is 13.2. The molecule has 2 heterocycles. The minimum Gasteiger partial charge on any atom is -0.478 e. The number of carbonyl (C=O) groups is 1. The third-order valence-corrected chi connectivity index (χ3v) is 4.45. The number of hydrogen-bond donors (Lipinski definition) is 2. The molecule has 5 nitrogen and oxygen atoms in total. The second-order valence-corrected chi connectivity index (χ2v) is 5.68. The molecule has 0 aliphatic carbocycles. The van der Waals surface area contributed by atoms with Crippen LogP contribution in [0.4, 0.5) is 11.4 Å². The molecule has 2 saturated heterocycles. The zero-order valence-electron chi connectivity index (χ0n) is 11.6. The molecule has 3 rings (SSSR count). The van der Waals surface area contributed by atoms with Gasteiger partial charge in [0.1, 0.15) is 0 Å². The molecule has 0 aromatic heterocycles. The quantitative estimate of drug-likeness (QED) is 0.803. The van der Waals surface area contributed by atoms with Gasteiger partial charge in [0.2, 0.25) is 0 Å². The maximum Gasteiger partial charge on any atom is 0.337 e. The molecule has 2 fully saturated rings. The van der Waals surface area contributed by atoms with Crippen molar-refractivity contribution in [2.45, 2.75) is 25.3 Å². The Morgan fingerprint density at radius 1 is 1.25 bits per heavy atom. The molecule has 0 bridgehead atoms. The summed E-state index contributed by atoms with van der Waals surface area (Å²) in [5.74, 6) is -0.904. The Bertz CT molecular complexity index is 518. The average molecular weight is 275 g/mol. The number of hydrogen-bond acceptors (Lipinski definition) is 4. The van der Waals surface area contributed by atoms with Crippen molar-refractivity contribution in [2.75, 3.05) is 36.8 Å². The summed E-state index contributed by atoms with van der Waals surface area (Å²) >= 11 is 0. The number of piperazine rings is 1. The van der Waals surface area contributed by atoms with Crippen LogP contribution in [0.1, 0.15) is 29.6 Å². The maximum absolute atomic E-state index is 11.4. The summed E-state index contributed by atoms with van der Waals surface area (Å²) in [5, 5.41) is 9.36. The van der Waals surface area contributed by atoms with Crippen LogP contribution < -0.4 is 10.6 Å². The Hall–Kier alpha value is -1.75. The van der Waals surface area contributed by atoms with Crippen molar-refractivity contribution >= 4 is 17.3 Å². The van der Waals surface area contributed by atoms with Gasteiger partial charge in [-0.2, -0.15) is 0 Å². The molecule has 1 aromatic carbocycles. The second kappa shape index (κ2) is 5.32. The Morgan fingerprint density at radius 3 is 2.90 bits per heavy atom. The fourth-order valence-corrected chi connectivity index (χ4v) is 3.45. The predicted octanol–water partition coefficient (Wildman–Crippen LogP) is 1.64. The van der Waals surface area contributed by atoms with Crippen molar-refractivity contribution in [3.8, 4) is 0 Å². The first-order valence-corrected chi connectivity index (χ1v) is 7.27. The first-order chi connectivity index (χ1) is 9.66. The van der Waals surface area contributed by atoms with Gasteiger partial charge in [-0.1, -0.05) is 12.5 Å². The van der Waals surface area contributed by atoms with E-state index in [0.717, 1.165) is 19.6 Å². The van der Waals surface area contributed by atoms with Crippen LogP contribution in [-0.4, -0.2) is 48.2 Å². The highest BCUT2D eigenvalue weighted by atomic mass is 16.4. The van der Waals surface area contributed by atoms with Crippen molar-refractivity contribution in [3.05, 3.63) is 23.8 Å². The van der Waals surface area contributed by atoms with Crippen molar-refractivity contribution in [2.24, 2.45) is 0 Å². The standard InChI is InChI=1S/C15H21N3O2/c16-13-6-3-5-12(15(19)20)14(13)18-9-8-17-7-2-1-4-11(17)10-18/h3,5-6,11H,1-2,4,7-10,16H2,(H,19,20). The van der Waals surface area contributed by atoms with E-state index in [1.807, 2.05) is 0 Å². The Labute approximate surface area is 119 Å². The SMILES string of the molecule is Nc1cccc(C(=O)O)c1N1CCN2CCCCC2C1. The van der Waals surface area contributed by atoms with E-state index in [0.29, 0.717) is 23.0 Å². The van der Waals surface area contributed by atoms with Gasteiger partial charge in [-0.3, -0.25) is 4.90 Å². The smallest absolute Gasteiger partial charge is 0.337 e. The molecule has 0 spiro atoms. The molecule has 20 heavy (non-hydrogen) atoms. The highest BCUT2D eigenvalue weighted by Gasteiger charge is 2.31. The van der Waals surface area contributed by atoms with E-state index in [9.17, 15) is 9.90 Å². The lowest BCUT2D eigenvalue weighted by Gasteiger charge is -2.45. The number of benzene rings is 1. The molecule has 3 N–H and O–H groups in total. The lowest BCUT2D eigenvalue weighted by molar-refractivity contribution is 0.0697. The highest BCUT2D eigenvalue weighted by molar-refractivity contribution is 5.98. The number of nitrogens with two attached hydrogens (primary N) is 1. The normalized spacial score (nSPS) is 23.4. The van der Waals surface area contributed by atoms with Crippen molar-refractivity contribution in [3.63, 3.8) is 0 Å². The molecule has 0 saturated carbocycles. The Kier molecular flexibility index (Phi) is 3.53. The number of nitrogens with zero attached hydrogens (tertiary/aromatic N) is 2. The minimum absolute atomic E-state index is 0.314. The van der Waals surface area contributed by atoms with Gasteiger partial charge in [0, 0.05) is 25.7 Å². The first-order valence-electron chi connectivity index (χ1n) is 7.27. The van der Waals surface area contributed by atoms with Crippen molar-refractivity contribution in [1.29, 1.82) is 0 Å². The van der Waals surface area contributed by atoms with Crippen LogP contribution in [0, 0.1) is 0 Å². The molecule has 1 atom stereocenters. The fourth-order valence-electron chi connectivity index (χ4n) is 3.45. The van der Waals surface area contributed by atoms with Crippen LogP contribution in [0.15, 0.2) is 18.2 Å². The van der Waals surface area contributed by atoms with E-state index < -0.39 is 5.97 Å². The van der Waals surface area contributed by atoms with Crippen LogP contribution in [0.5, 0.6) is 0 Å². The largest absolute Gasteiger partial charge is 0.478 e. The van der Waals surface area contributed by atoms with Gasteiger partial charge >= 0.3 is 5.97 Å². The molecule has 2 aliphatic rings. The zero-order chi connectivity index (χ0) is 14.1. The number of carboxylic acids is 1. The summed E-state index contributed by atoms with van der Waals surface area (Å²) in [6.07, 6.45) is 3.75. The number of carboxylic acid groups (broad SMARTS) is 1. The zero-order valence-corrected chi connectivity index (χ0v) is 11.6. The molecule has 0 radical (unpaired) electrons. The van der Waals surface area contributed by atoms with Crippen LogP contribution in [-0.2, 0) is 0 Å². The Balaban J connectivity index is 1.88. The summed E-state index contributed by atoms with van der Waals surface area (Å²) in [7, 11) is 0. The molecule has 108 valence electrons. The van der Waals surface area contributed by atoms with Crippen LogP contribution in [0.2, 0.25) is 0 Å². The molecule has 2 aliphatic heterocycles. The number of para-hydroxylation sites is 1. The van der Waals surface area contributed by atoms with E-state index in [4.69, 9.17) is 5.73 Å². The summed E-state index contributed by atoms with van der Waals surface area (Å²) in [6.45, 7) is 3.91. The minimum atomic E-state index is -0.904. The molecule has 0 amide bonds. The van der Waals surface area contributed by atoms with E-state index in [1.54, 1.807) is 18.2 Å². The number of rotatable bonds is 2. The number of aromatic carboxylic acids is 1. The number of anilines is 2. The topological polar surface area (TPSA) is 69.8 Å². The van der Waals surface area contributed by atoms with E-state index >= 15 is 0 Å². The van der Waals surface area contributed by atoms with Gasteiger partial charge in [0.25, 0.3) is 0 Å². The van der Waals surface area contributed by atoms with Gasteiger partial charge in [-0.15, -0.1) is 0 Å². The molecule has 1 unspecified atom stereocenters. The number of piperidine rings is 1. The molecular weight excluding hydrogens is 254 g/mol. The Morgan fingerprint density at radius 2 is 2.10 bits per heavy atom. The molecule has 1 aromatic rings. The summed E-state index contributed by atoms with van der Waals surface area (Å²) in [4.78, 5) is 16.1. The van der Waals surface area contributed by atoms with Gasteiger partial charge in [0.05, 0.1) is 16.9 Å². The van der Waals surface area contributed by atoms with Crippen LogP contribution in [0.3, 0.4) is 0 Å². The number of nitrogen functional groups attached to an aromatic ring is 1. The van der Waals surface area contributed by atoms with Gasteiger partial charge < -0.3 is 15.7 Å². The summed E-state index contributed by atoms with van der Waals surface area (Å²) < 4.78 is 0. The van der Waals surface area contributed by atoms with Gasteiger partial charge in [-0.05, 0) is 31.5 Å². The highest BCUT2D eigenvalue weighted by Crippen LogP contribution is 2.31. The van der Waals surface area contributed by atoms with Gasteiger partial charge in [-0.25, -0.2) is 4.79 Å². The third-order valence-electron chi connectivity index (χ3n) is 4.45. The van der Waals surface area contributed by atoms with Crippen LogP contribution in [0.25, 0.3) is 0 Å². The van der Waals surface area contributed by atoms with E-state index in [-0.39, 0.29) is 0 Å². The second-order valence-electron chi connectivity index (χ2n) is 5.68. The monoisotopic (exact) mass is 275 g/mol. The van der Waals surface area contributed by atoms with Crippen LogP contribution >= 0.6 is 0 Å². The lowest BCUT2D eigenvalue weighted by atomic mass is 9.98. The van der Waals surface area contributed by atoms with Crippen molar-refractivity contribution in [1.82, 2.24) is 4.90 Å². The maximum atomic E-state index is 11.4. The third kappa shape index (κ3) is 2.33. The summed E-state index contributed by atoms with van der Waals surface area (Å²) in [6, 6.07) is 5.67. The average Bonchev–Trinajstić information content (AvgIpc) is 2.46. The van der Waals surface area contributed by atoms with Crippen molar-refractivity contribution < 1.29 is 9.90 Å². The summed E-state index contributed by atoms with van der Waals surface area (Å²) in [5.41, 5.74) is 7.62. The predicted molar refractivity (Wildman–Crippen MR) is 79.2 cm³/mol. The van der Waals surface area contributed by atoms with Gasteiger partial charge in [0.15, 0.2) is 0 Å². The number of fused-ring (bicyclic) bond motifs is 1. The molecule has 5 heteroatoms.